The highest BCUT2D eigenvalue weighted by atomic mass is 16.4. The molecule has 25 heavy (non-hydrogen) atoms. The fourth-order valence-electron chi connectivity index (χ4n) is 3.61. The summed E-state index contributed by atoms with van der Waals surface area (Å²) in [5.74, 6) is -0.723. The quantitative estimate of drug-likeness (QED) is 0.879. The molecule has 0 aromatic heterocycles. The van der Waals surface area contributed by atoms with Crippen LogP contribution in [0.5, 0.6) is 0 Å². The van der Waals surface area contributed by atoms with Gasteiger partial charge >= 0.3 is 5.97 Å². The molecule has 132 valence electrons. The fourth-order valence-corrected chi connectivity index (χ4v) is 3.61. The van der Waals surface area contributed by atoms with Crippen LogP contribution in [0, 0.1) is 0 Å². The van der Waals surface area contributed by atoms with E-state index in [-0.39, 0.29) is 0 Å². The van der Waals surface area contributed by atoms with Crippen LogP contribution in [-0.2, 0) is 17.6 Å². The predicted molar refractivity (Wildman–Crippen MR) is 101 cm³/mol. The van der Waals surface area contributed by atoms with E-state index in [1.165, 1.54) is 11.3 Å². The molecular formula is C21H26N2O2. The van der Waals surface area contributed by atoms with Gasteiger partial charge in [-0.1, -0.05) is 49.4 Å². The maximum atomic E-state index is 11.9. The van der Waals surface area contributed by atoms with Crippen LogP contribution < -0.4 is 4.90 Å². The monoisotopic (exact) mass is 338 g/mol. The van der Waals surface area contributed by atoms with Crippen molar-refractivity contribution >= 4 is 11.7 Å². The SMILES string of the molecule is CCc1ccccc1CC(C(=O)O)N1CCN(c2ccccc2)CC1. The van der Waals surface area contributed by atoms with Crippen LogP contribution in [0.3, 0.4) is 0 Å². The molecule has 3 rings (SSSR count). The normalized spacial score (nSPS) is 16.6. The Morgan fingerprint density at radius 3 is 2.16 bits per heavy atom. The van der Waals surface area contributed by atoms with Crippen molar-refractivity contribution in [2.45, 2.75) is 25.8 Å². The number of carbonyl (C=O) groups is 1. The van der Waals surface area contributed by atoms with Gasteiger partial charge in [0.05, 0.1) is 0 Å². The van der Waals surface area contributed by atoms with Crippen LogP contribution >= 0.6 is 0 Å². The minimum Gasteiger partial charge on any atom is -0.480 e. The molecule has 1 fully saturated rings. The van der Waals surface area contributed by atoms with E-state index < -0.39 is 12.0 Å². The van der Waals surface area contributed by atoms with Gasteiger partial charge in [0.1, 0.15) is 6.04 Å². The molecular weight excluding hydrogens is 312 g/mol. The van der Waals surface area contributed by atoms with E-state index in [0.29, 0.717) is 6.42 Å². The summed E-state index contributed by atoms with van der Waals surface area (Å²) < 4.78 is 0. The van der Waals surface area contributed by atoms with E-state index in [9.17, 15) is 9.90 Å². The van der Waals surface area contributed by atoms with E-state index in [2.05, 4.69) is 41.0 Å². The van der Waals surface area contributed by atoms with Crippen LogP contribution in [0.1, 0.15) is 18.1 Å². The average molecular weight is 338 g/mol. The first-order valence-electron chi connectivity index (χ1n) is 9.02. The summed E-state index contributed by atoms with van der Waals surface area (Å²) in [6, 6.07) is 18.1. The number of hydrogen-bond donors (Lipinski definition) is 1. The van der Waals surface area contributed by atoms with Crippen LogP contribution in [0.2, 0.25) is 0 Å². The lowest BCUT2D eigenvalue weighted by molar-refractivity contribution is -0.143. The predicted octanol–water partition coefficient (Wildman–Crippen LogP) is 3.07. The zero-order chi connectivity index (χ0) is 17.6. The zero-order valence-electron chi connectivity index (χ0n) is 14.8. The van der Waals surface area contributed by atoms with Gasteiger partial charge in [0.2, 0.25) is 0 Å². The second-order valence-corrected chi connectivity index (χ2v) is 6.54. The van der Waals surface area contributed by atoms with Crippen molar-refractivity contribution in [2.75, 3.05) is 31.1 Å². The summed E-state index contributed by atoms with van der Waals surface area (Å²) in [6.07, 6.45) is 1.51. The lowest BCUT2D eigenvalue weighted by Crippen LogP contribution is -2.53. The summed E-state index contributed by atoms with van der Waals surface area (Å²) in [7, 11) is 0. The summed E-state index contributed by atoms with van der Waals surface area (Å²) in [6.45, 7) is 5.40. The van der Waals surface area contributed by atoms with E-state index in [0.717, 1.165) is 38.2 Å². The number of carboxylic acids is 1. The Bertz CT molecular complexity index is 694. The Kier molecular flexibility index (Phi) is 5.71. The van der Waals surface area contributed by atoms with Crippen LogP contribution in [0.15, 0.2) is 54.6 Å². The zero-order valence-corrected chi connectivity index (χ0v) is 14.8. The molecule has 1 atom stereocenters. The van der Waals surface area contributed by atoms with Gasteiger partial charge in [-0.3, -0.25) is 9.69 Å². The maximum absolute atomic E-state index is 11.9. The number of nitrogens with zero attached hydrogens (tertiary/aromatic N) is 2. The number of carboxylic acid groups (broad SMARTS) is 1. The first kappa shape index (κ1) is 17.5. The fraction of sp³-hybridized carbons (Fsp3) is 0.381. The molecule has 0 amide bonds. The molecule has 1 aliphatic rings. The molecule has 0 bridgehead atoms. The van der Waals surface area contributed by atoms with Gasteiger partial charge in [0, 0.05) is 31.9 Å². The molecule has 1 heterocycles. The Morgan fingerprint density at radius 2 is 1.56 bits per heavy atom. The second-order valence-electron chi connectivity index (χ2n) is 6.54. The standard InChI is InChI=1S/C21H26N2O2/c1-2-17-8-6-7-9-18(17)16-20(21(24)25)23-14-12-22(13-15-23)19-10-4-3-5-11-19/h3-11,20H,2,12-16H2,1H3,(H,24,25). The Labute approximate surface area is 149 Å². The van der Waals surface area contributed by atoms with Crippen molar-refractivity contribution in [3.63, 3.8) is 0 Å². The third-order valence-electron chi connectivity index (χ3n) is 5.07. The number of benzene rings is 2. The average Bonchev–Trinajstić information content (AvgIpc) is 2.67. The molecule has 4 nitrogen and oxygen atoms in total. The van der Waals surface area contributed by atoms with E-state index >= 15 is 0 Å². The van der Waals surface area contributed by atoms with E-state index in [4.69, 9.17) is 0 Å². The number of piperazine rings is 1. The molecule has 1 N–H and O–H groups in total. The minimum atomic E-state index is -0.723. The van der Waals surface area contributed by atoms with Gasteiger partial charge in [-0.15, -0.1) is 0 Å². The van der Waals surface area contributed by atoms with Crippen LogP contribution in [0.25, 0.3) is 0 Å². The van der Waals surface area contributed by atoms with Crippen molar-refractivity contribution in [1.29, 1.82) is 0 Å². The highest BCUT2D eigenvalue weighted by Gasteiger charge is 2.29. The molecule has 4 heteroatoms. The largest absolute Gasteiger partial charge is 0.480 e. The number of hydrogen-bond acceptors (Lipinski definition) is 3. The van der Waals surface area contributed by atoms with Crippen molar-refractivity contribution in [2.24, 2.45) is 0 Å². The van der Waals surface area contributed by atoms with E-state index in [1.807, 2.05) is 30.3 Å². The molecule has 2 aromatic rings. The molecule has 1 unspecified atom stereocenters. The summed E-state index contributed by atoms with van der Waals surface area (Å²) in [5, 5.41) is 9.78. The van der Waals surface area contributed by atoms with Gasteiger partial charge in [-0.25, -0.2) is 0 Å². The Balaban J connectivity index is 1.67. The highest BCUT2D eigenvalue weighted by molar-refractivity contribution is 5.74. The number of para-hydroxylation sites is 1. The van der Waals surface area contributed by atoms with Crippen molar-refractivity contribution in [3.05, 3.63) is 65.7 Å². The maximum Gasteiger partial charge on any atom is 0.321 e. The first-order chi connectivity index (χ1) is 12.2. The molecule has 0 aliphatic carbocycles. The van der Waals surface area contributed by atoms with Gasteiger partial charge in [-0.2, -0.15) is 0 Å². The lowest BCUT2D eigenvalue weighted by Gasteiger charge is -2.39. The number of rotatable bonds is 6. The summed E-state index contributed by atoms with van der Waals surface area (Å²) >= 11 is 0. The number of aliphatic carboxylic acids is 1. The molecule has 0 saturated carbocycles. The Hall–Kier alpha value is -2.33. The third-order valence-corrected chi connectivity index (χ3v) is 5.07. The topological polar surface area (TPSA) is 43.8 Å². The molecule has 0 radical (unpaired) electrons. The Morgan fingerprint density at radius 1 is 0.960 bits per heavy atom. The second kappa shape index (κ2) is 8.17. The molecule has 0 spiro atoms. The molecule has 1 aliphatic heterocycles. The van der Waals surface area contributed by atoms with Crippen LogP contribution in [-0.4, -0.2) is 48.2 Å². The number of aryl methyl sites for hydroxylation is 1. The van der Waals surface area contributed by atoms with Gasteiger partial charge in [0.15, 0.2) is 0 Å². The van der Waals surface area contributed by atoms with Crippen molar-refractivity contribution < 1.29 is 9.90 Å². The molecule has 2 aromatic carbocycles. The summed E-state index contributed by atoms with van der Waals surface area (Å²) in [4.78, 5) is 16.3. The van der Waals surface area contributed by atoms with Gasteiger partial charge in [0.25, 0.3) is 0 Å². The number of anilines is 1. The van der Waals surface area contributed by atoms with Crippen molar-refractivity contribution in [3.8, 4) is 0 Å². The lowest BCUT2D eigenvalue weighted by atomic mass is 9.97. The van der Waals surface area contributed by atoms with E-state index in [1.54, 1.807) is 0 Å². The van der Waals surface area contributed by atoms with Gasteiger partial charge in [-0.05, 0) is 36.1 Å². The summed E-state index contributed by atoms with van der Waals surface area (Å²) in [5.41, 5.74) is 3.62. The third kappa shape index (κ3) is 4.20. The van der Waals surface area contributed by atoms with Gasteiger partial charge < -0.3 is 10.0 Å². The highest BCUT2D eigenvalue weighted by Crippen LogP contribution is 2.19. The first-order valence-corrected chi connectivity index (χ1v) is 9.02. The smallest absolute Gasteiger partial charge is 0.321 e. The van der Waals surface area contributed by atoms with Crippen LogP contribution in [0.4, 0.5) is 5.69 Å². The van der Waals surface area contributed by atoms with Crippen molar-refractivity contribution in [1.82, 2.24) is 4.90 Å². The molecule has 1 saturated heterocycles. The minimum absolute atomic E-state index is 0.453.